The molecule has 8 aromatic carbocycles. The molecule has 3 heteroatoms. The van der Waals surface area contributed by atoms with Crippen LogP contribution in [-0.2, 0) is 0 Å². The molecule has 0 saturated heterocycles. The number of furan rings is 2. The third-order valence-electron chi connectivity index (χ3n) is 9.67. The van der Waals surface area contributed by atoms with Gasteiger partial charge in [-0.05, 0) is 82.1 Å². The van der Waals surface area contributed by atoms with E-state index in [1.165, 1.54) is 10.8 Å². The Morgan fingerprint density at radius 3 is 1.90 bits per heavy atom. The summed E-state index contributed by atoms with van der Waals surface area (Å²) in [5, 5.41) is 6.95. The van der Waals surface area contributed by atoms with Crippen molar-refractivity contribution in [3.8, 4) is 22.3 Å². The lowest BCUT2D eigenvalue weighted by atomic mass is 9.99. The minimum Gasteiger partial charge on any atom is -0.456 e. The van der Waals surface area contributed by atoms with E-state index in [1.54, 1.807) is 0 Å². The summed E-state index contributed by atoms with van der Waals surface area (Å²) < 4.78 is 12.6. The van der Waals surface area contributed by atoms with E-state index in [9.17, 15) is 0 Å². The Labute approximate surface area is 282 Å². The van der Waals surface area contributed by atoms with Crippen molar-refractivity contribution in [2.75, 3.05) is 4.90 Å². The van der Waals surface area contributed by atoms with Crippen molar-refractivity contribution in [1.29, 1.82) is 0 Å². The van der Waals surface area contributed by atoms with Crippen molar-refractivity contribution in [1.82, 2.24) is 0 Å². The number of benzene rings is 8. The van der Waals surface area contributed by atoms with E-state index in [1.807, 2.05) is 12.1 Å². The molecule has 0 fully saturated rings. The summed E-state index contributed by atoms with van der Waals surface area (Å²) in [6, 6.07) is 62.0. The zero-order valence-corrected chi connectivity index (χ0v) is 26.5. The smallest absolute Gasteiger partial charge is 0.137 e. The van der Waals surface area contributed by atoms with Crippen LogP contribution in [-0.4, -0.2) is 0 Å². The lowest BCUT2D eigenvalue weighted by Gasteiger charge is -2.28. The Morgan fingerprint density at radius 2 is 1.00 bits per heavy atom. The first-order valence-electron chi connectivity index (χ1n) is 16.6. The van der Waals surface area contributed by atoms with Gasteiger partial charge in [-0.15, -0.1) is 0 Å². The monoisotopic (exact) mass is 627 g/mol. The number of hydrogen-bond acceptors (Lipinski definition) is 3. The van der Waals surface area contributed by atoms with Crippen LogP contribution in [0.2, 0.25) is 0 Å². The first kappa shape index (κ1) is 27.5. The molecule has 49 heavy (non-hydrogen) atoms. The molecule has 0 amide bonds. The second kappa shape index (κ2) is 11.0. The molecule has 0 bridgehead atoms. The van der Waals surface area contributed by atoms with Crippen molar-refractivity contribution >= 4 is 71.7 Å². The fourth-order valence-electron chi connectivity index (χ4n) is 7.34. The maximum Gasteiger partial charge on any atom is 0.137 e. The molecular weight excluding hydrogens is 599 g/mol. The number of nitrogens with zero attached hydrogens (tertiary/aromatic N) is 1. The minimum absolute atomic E-state index is 0.866. The molecule has 0 radical (unpaired) electrons. The van der Waals surface area contributed by atoms with Gasteiger partial charge in [-0.25, -0.2) is 0 Å². The molecule has 0 aliphatic rings. The van der Waals surface area contributed by atoms with Gasteiger partial charge in [-0.1, -0.05) is 115 Å². The van der Waals surface area contributed by atoms with Gasteiger partial charge in [-0.3, -0.25) is 0 Å². The quantitative estimate of drug-likeness (QED) is 0.190. The molecule has 0 N–H and O–H groups in total. The van der Waals surface area contributed by atoms with E-state index in [0.29, 0.717) is 0 Å². The fourth-order valence-corrected chi connectivity index (χ4v) is 7.34. The van der Waals surface area contributed by atoms with Crippen molar-refractivity contribution < 1.29 is 8.83 Å². The summed E-state index contributed by atoms with van der Waals surface area (Å²) in [5.74, 6) is 0. The average Bonchev–Trinajstić information content (AvgIpc) is 3.74. The maximum absolute atomic E-state index is 6.36. The van der Waals surface area contributed by atoms with Crippen LogP contribution in [0.4, 0.5) is 17.1 Å². The normalized spacial score (nSPS) is 11.7. The summed E-state index contributed by atoms with van der Waals surface area (Å²) in [4.78, 5) is 2.33. The zero-order chi connectivity index (χ0) is 32.3. The summed E-state index contributed by atoms with van der Waals surface area (Å²) in [6.45, 7) is 0. The molecule has 3 nitrogen and oxygen atoms in total. The third-order valence-corrected chi connectivity index (χ3v) is 9.67. The van der Waals surface area contributed by atoms with Crippen LogP contribution in [0.5, 0.6) is 0 Å². The van der Waals surface area contributed by atoms with Gasteiger partial charge in [0.2, 0.25) is 0 Å². The number of para-hydroxylation sites is 2. The molecule has 0 aliphatic carbocycles. The van der Waals surface area contributed by atoms with E-state index < -0.39 is 0 Å². The summed E-state index contributed by atoms with van der Waals surface area (Å²) in [6.07, 6.45) is 0. The molecule has 2 heterocycles. The van der Waals surface area contributed by atoms with Gasteiger partial charge in [0.05, 0.1) is 5.69 Å². The summed E-state index contributed by atoms with van der Waals surface area (Å²) in [7, 11) is 0. The maximum atomic E-state index is 6.36. The molecule has 0 saturated carbocycles. The van der Waals surface area contributed by atoms with Crippen molar-refractivity contribution in [3.05, 3.63) is 176 Å². The first-order valence-corrected chi connectivity index (χ1v) is 16.6. The van der Waals surface area contributed by atoms with E-state index in [4.69, 9.17) is 8.83 Å². The molecule has 0 spiro atoms. The largest absolute Gasteiger partial charge is 0.456 e. The highest BCUT2D eigenvalue weighted by atomic mass is 16.3. The standard InChI is InChI=1S/C46H29NO2/c1-2-10-31(11-3-1)36-13-6-8-16-41(36)47(35-24-25-39-38-15-7-9-17-42(38)49-45(39)29-35)34-22-18-30(19-23-34)33-21-26-43-40(28-33)46-37-14-5-4-12-32(37)20-27-44(46)48-43/h1-29H. The molecule has 0 aliphatic heterocycles. The Balaban J connectivity index is 1.12. The van der Waals surface area contributed by atoms with Crippen LogP contribution in [0.3, 0.4) is 0 Å². The predicted octanol–water partition coefficient (Wildman–Crippen LogP) is 13.4. The molecular formula is C46H29NO2. The lowest BCUT2D eigenvalue weighted by Crippen LogP contribution is -2.11. The van der Waals surface area contributed by atoms with Crippen LogP contribution in [0.1, 0.15) is 0 Å². The number of fused-ring (bicyclic) bond motifs is 8. The van der Waals surface area contributed by atoms with Crippen LogP contribution in [0.25, 0.3) is 76.9 Å². The predicted molar refractivity (Wildman–Crippen MR) is 204 cm³/mol. The van der Waals surface area contributed by atoms with Gasteiger partial charge in [0.1, 0.15) is 22.3 Å². The first-order chi connectivity index (χ1) is 24.3. The van der Waals surface area contributed by atoms with Crippen molar-refractivity contribution in [2.24, 2.45) is 0 Å². The number of hydrogen-bond donors (Lipinski definition) is 0. The van der Waals surface area contributed by atoms with Crippen LogP contribution in [0.15, 0.2) is 185 Å². The molecule has 230 valence electrons. The fraction of sp³-hybridized carbons (Fsp3) is 0. The van der Waals surface area contributed by atoms with Gasteiger partial charge < -0.3 is 13.7 Å². The molecule has 0 unspecified atom stereocenters. The van der Waals surface area contributed by atoms with Crippen LogP contribution in [0, 0.1) is 0 Å². The van der Waals surface area contributed by atoms with Crippen molar-refractivity contribution in [3.63, 3.8) is 0 Å². The van der Waals surface area contributed by atoms with Gasteiger partial charge in [-0.2, -0.15) is 0 Å². The number of anilines is 3. The average molecular weight is 628 g/mol. The summed E-state index contributed by atoms with van der Waals surface area (Å²) >= 11 is 0. The highest BCUT2D eigenvalue weighted by molar-refractivity contribution is 6.19. The Morgan fingerprint density at radius 1 is 0.347 bits per heavy atom. The lowest BCUT2D eigenvalue weighted by molar-refractivity contribution is 0.668. The Hall–Kier alpha value is -6.58. The van der Waals surface area contributed by atoms with E-state index in [0.717, 1.165) is 83.2 Å². The zero-order valence-electron chi connectivity index (χ0n) is 26.5. The highest BCUT2D eigenvalue weighted by Gasteiger charge is 2.19. The van der Waals surface area contributed by atoms with Gasteiger partial charge in [0, 0.05) is 44.5 Å². The SMILES string of the molecule is c1ccc(-c2ccccc2N(c2ccc(-c3ccc4oc5ccc6ccccc6c5c4c3)cc2)c2ccc3c(c2)oc2ccccc23)cc1. The topological polar surface area (TPSA) is 29.5 Å². The van der Waals surface area contributed by atoms with Crippen LogP contribution >= 0.6 is 0 Å². The molecule has 10 rings (SSSR count). The van der Waals surface area contributed by atoms with E-state index in [2.05, 4.69) is 169 Å². The third kappa shape index (κ3) is 4.51. The van der Waals surface area contributed by atoms with Gasteiger partial charge >= 0.3 is 0 Å². The van der Waals surface area contributed by atoms with E-state index in [-0.39, 0.29) is 0 Å². The Bertz CT molecular complexity index is 2830. The second-order valence-corrected chi connectivity index (χ2v) is 12.5. The second-order valence-electron chi connectivity index (χ2n) is 12.5. The number of rotatable bonds is 5. The highest BCUT2D eigenvalue weighted by Crippen LogP contribution is 2.43. The Kier molecular flexibility index (Phi) is 6.18. The molecule has 0 atom stereocenters. The molecule has 10 aromatic rings. The van der Waals surface area contributed by atoms with Gasteiger partial charge in [0.15, 0.2) is 0 Å². The van der Waals surface area contributed by atoms with Crippen molar-refractivity contribution in [2.45, 2.75) is 0 Å². The minimum atomic E-state index is 0.866. The van der Waals surface area contributed by atoms with E-state index >= 15 is 0 Å². The summed E-state index contributed by atoms with van der Waals surface area (Å²) in [5.41, 5.74) is 11.4. The molecule has 2 aromatic heterocycles. The van der Waals surface area contributed by atoms with Gasteiger partial charge in [0.25, 0.3) is 0 Å². The van der Waals surface area contributed by atoms with Crippen LogP contribution < -0.4 is 4.90 Å².